The van der Waals surface area contributed by atoms with Crippen molar-refractivity contribution in [1.29, 1.82) is 0 Å². The van der Waals surface area contributed by atoms with Gasteiger partial charge in [0, 0.05) is 26.2 Å². The summed E-state index contributed by atoms with van der Waals surface area (Å²) in [6.45, 7) is 1.92. The van der Waals surface area contributed by atoms with E-state index in [4.69, 9.17) is 22.1 Å². The number of halogens is 3. The van der Waals surface area contributed by atoms with Gasteiger partial charge in [-0.15, -0.1) is 24.8 Å². The maximum atomic E-state index is 12.0. The van der Waals surface area contributed by atoms with E-state index in [0.29, 0.717) is 0 Å². The zero-order valence-corrected chi connectivity index (χ0v) is 15.4. The van der Waals surface area contributed by atoms with Crippen molar-refractivity contribution in [3.63, 3.8) is 0 Å². The summed E-state index contributed by atoms with van der Waals surface area (Å²) in [5.41, 5.74) is 6.76. The molecule has 1 aromatic carbocycles. The second-order valence-corrected chi connectivity index (χ2v) is 5.71. The summed E-state index contributed by atoms with van der Waals surface area (Å²) in [5, 5.41) is 3.73. The molecule has 2 atom stereocenters. The largest absolute Gasteiger partial charge is 0.383 e. The van der Waals surface area contributed by atoms with Crippen molar-refractivity contribution in [2.45, 2.75) is 24.9 Å². The molecule has 132 valence electrons. The minimum atomic E-state index is -0.620. The Morgan fingerprint density at radius 3 is 2.83 bits per heavy atom. The number of carbonyl (C=O) groups is 1. The van der Waals surface area contributed by atoms with Gasteiger partial charge in [-0.3, -0.25) is 4.79 Å². The standard InChI is InChI=1S/C15H22ClN3O2.2ClH/c1-21-10-13(17)15(20)18-11-5-4-8-19(9-11)14-7-3-2-6-12(14)16;;/h2-3,6-7,11,13H,4-5,8-10,17H2,1H3,(H,18,20);2*1H. The quantitative estimate of drug-likeness (QED) is 0.817. The first-order chi connectivity index (χ1) is 10.1. The first kappa shape index (κ1) is 22.3. The minimum Gasteiger partial charge on any atom is -0.383 e. The second-order valence-electron chi connectivity index (χ2n) is 5.31. The number of hydrogen-bond acceptors (Lipinski definition) is 4. The van der Waals surface area contributed by atoms with Gasteiger partial charge in [0.15, 0.2) is 0 Å². The summed E-state index contributed by atoms with van der Waals surface area (Å²) >= 11 is 6.24. The topological polar surface area (TPSA) is 67.6 Å². The third-order valence-electron chi connectivity index (χ3n) is 3.64. The van der Waals surface area contributed by atoms with Crippen LogP contribution in [0.1, 0.15) is 12.8 Å². The van der Waals surface area contributed by atoms with E-state index in [0.717, 1.165) is 36.6 Å². The fraction of sp³-hybridized carbons (Fsp3) is 0.533. The Balaban J connectivity index is 0.00000242. The van der Waals surface area contributed by atoms with Gasteiger partial charge in [-0.25, -0.2) is 0 Å². The van der Waals surface area contributed by atoms with Crippen LogP contribution in [0.3, 0.4) is 0 Å². The molecular weight excluding hydrogens is 361 g/mol. The molecule has 1 saturated heterocycles. The molecule has 1 amide bonds. The Morgan fingerprint density at radius 2 is 2.17 bits per heavy atom. The van der Waals surface area contributed by atoms with E-state index < -0.39 is 6.04 Å². The van der Waals surface area contributed by atoms with Gasteiger partial charge in [0.1, 0.15) is 6.04 Å². The summed E-state index contributed by atoms with van der Waals surface area (Å²) in [6.07, 6.45) is 1.96. The van der Waals surface area contributed by atoms with Crippen molar-refractivity contribution in [2.24, 2.45) is 5.73 Å². The van der Waals surface area contributed by atoms with E-state index in [-0.39, 0.29) is 43.4 Å². The summed E-state index contributed by atoms with van der Waals surface area (Å²) in [6, 6.07) is 7.24. The van der Waals surface area contributed by atoms with Crippen LogP contribution in [-0.2, 0) is 9.53 Å². The molecule has 1 aromatic rings. The highest BCUT2D eigenvalue weighted by atomic mass is 35.5. The van der Waals surface area contributed by atoms with E-state index in [1.54, 1.807) is 0 Å². The average Bonchev–Trinajstić information content (AvgIpc) is 2.48. The lowest BCUT2D eigenvalue weighted by atomic mass is 10.0. The number of nitrogens with two attached hydrogens (primary N) is 1. The van der Waals surface area contributed by atoms with Crippen molar-refractivity contribution in [2.75, 3.05) is 31.7 Å². The van der Waals surface area contributed by atoms with Gasteiger partial charge in [-0.1, -0.05) is 23.7 Å². The molecule has 1 aliphatic heterocycles. The number of piperidine rings is 1. The Kier molecular flexibility index (Phi) is 10.6. The number of amides is 1. The SMILES string of the molecule is COCC(N)C(=O)NC1CCCN(c2ccccc2Cl)C1.Cl.Cl. The molecule has 2 unspecified atom stereocenters. The number of ether oxygens (including phenoxy) is 1. The van der Waals surface area contributed by atoms with Crippen LogP contribution in [-0.4, -0.2) is 44.8 Å². The minimum absolute atomic E-state index is 0. The molecule has 5 nitrogen and oxygen atoms in total. The van der Waals surface area contributed by atoms with Crippen LogP contribution in [0.25, 0.3) is 0 Å². The van der Waals surface area contributed by atoms with Gasteiger partial charge in [-0.05, 0) is 25.0 Å². The van der Waals surface area contributed by atoms with Crippen molar-refractivity contribution >= 4 is 48.0 Å². The Labute approximate surface area is 154 Å². The summed E-state index contributed by atoms with van der Waals surface area (Å²) < 4.78 is 4.91. The van der Waals surface area contributed by atoms with Crippen LogP contribution in [0.2, 0.25) is 5.02 Å². The number of nitrogens with zero attached hydrogens (tertiary/aromatic N) is 1. The van der Waals surface area contributed by atoms with E-state index in [9.17, 15) is 4.79 Å². The van der Waals surface area contributed by atoms with Crippen LogP contribution in [0.15, 0.2) is 24.3 Å². The Morgan fingerprint density at radius 1 is 1.48 bits per heavy atom. The maximum absolute atomic E-state index is 12.0. The summed E-state index contributed by atoms with van der Waals surface area (Å²) in [7, 11) is 1.53. The average molecular weight is 385 g/mol. The number of methoxy groups -OCH3 is 1. The van der Waals surface area contributed by atoms with E-state index >= 15 is 0 Å². The van der Waals surface area contributed by atoms with Gasteiger partial charge in [0.05, 0.1) is 17.3 Å². The number of nitrogens with one attached hydrogen (secondary N) is 1. The number of anilines is 1. The fourth-order valence-electron chi connectivity index (χ4n) is 2.59. The highest BCUT2D eigenvalue weighted by molar-refractivity contribution is 6.33. The van der Waals surface area contributed by atoms with Crippen LogP contribution in [0.4, 0.5) is 5.69 Å². The molecule has 1 fully saturated rings. The monoisotopic (exact) mass is 383 g/mol. The number of carbonyl (C=O) groups excluding carboxylic acids is 1. The number of hydrogen-bond donors (Lipinski definition) is 2. The highest BCUT2D eigenvalue weighted by Crippen LogP contribution is 2.27. The molecular formula is C15H24Cl3N3O2. The van der Waals surface area contributed by atoms with E-state index in [1.165, 1.54) is 7.11 Å². The third kappa shape index (κ3) is 6.36. The molecule has 1 heterocycles. The van der Waals surface area contributed by atoms with Crippen LogP contribution >= 0.6 is 36.4 Å². The Bertz CT molecular complexity index is 491. The van der Waals surface area contributed by atoms with Gasteiger partial charge in [-0.2, -0.15) is 0 Å². The fourth-order valence-corrected chi connectivity index (χ4v) is 2.84. The van der Waals surface area contributed by atoms with Crippen molar-refractivity contribution < 1.29 is 9.53 Å². The Hall–Kier alpha value is -0.720. The zero-order valence-electron chi connectivity index (χ0n) is 13.0. The van der Waals surface area contributed by atoms with Gasteiger partial charge >= 0.3 is 0 Å². The first-order valence-electron chi connectivity index (χ1n) is 7.16. The summed E-state index contributed by atoms with van der Waals surface area (Å²) in [5.74, 6) is -0.164. The predicted molar refractivity (Wildman–Crippen MR) is 99.2 cm³/mol. The second kappa shape index (κ2) is 10.9. The molecule has 0 spiro atoms. The van der Waals surface area contributed by atoms with Gasteiger partial charge in [0.25, 0.3) is 0 Å². The molecule has 2 rings (SSSR count). The molecule has 0 saturated carbocycles. The van der Waals surface area contributed by atoms with Gasteiger partial charge in [0.2, 0.25) is 5.91 Å². The number of rotatable bonds is 5. The van der Waals surface area contributed by atoms with Crippen LogP contribution < -0.4 is 16.0 Å². The lowest BCUT2D eigenvalue weighted by molar-refractivity contribution is -0.124. The van der Waals surface area contributed by atoms with Crippen molar-refractivity contribution in [3.8, 4) is 0 Å². The normalized spacial score (nSPS) is 18.4. The summed E-state index contributed by atoms with van der Waals surface area (Å²) in [4.78, 5) is 14.2. The van der Waals surface area contributed by atoms with Crippen LogP contribution in [0, 0.1) is 0 Å². The molecule has 23 heavy (non-hydrogen) atoms. The molecule has 8 heteroatoms. The number of benzene rings is 1. The molecule has 0 radical (unpaired) electrons. The molecule has 1 aliphatic rings. The maximum Gasteiger partial charge on any atom is 0.239 e. The van der Waals surface area contributed by atoms with Gasteiger partial charge < -0.3 is 20.7 Å². The highest BCUT2D eigenvalue weighted by Gasteiger charge is 2.24. The van der Waals surface area contributed by atoms with E-state index in [2.05, 4.69) is 10.2 Å². The smallest absolute Gasteiger partial charge is 0.239 e. The van der Waals surface area contributed by atoms with Crippen molar-refractivity contribution in [3.05, 3.63) is 29.3 Å². The lowest BCUT2D eigenvalue weighted by Crippen LogP contribution is -2.53. The first-order valence-corrected chi connectivity index (χ1v) is 7.54. The molecule has 3 N–H and O–H groups in total. The lowest BCUT2D eigenvalue weighted by Gasteiger charge is -2.35. The third-order valence-corrected chi connectivity index (χ3v) is 3.96. The van der Waals surface area contributed by atoms with Crippen LogP contribution in [0.5, 0.6) is 0 Å². The molecule has 0 aliphatic carbocycles. The predicted octanol–water partition coefficient (Wildman–Crippen LogP) is 2.24. The molecule has 0 bridgehead atoms. The zero-order chi connectivity index (χ0) is 15.2. The molecule has 0 aromatic heterocycles. The number of para-hydroxylation sites is 1. The van der Waals surface area contributed by atoms with E-state index in [1.807, 2.05) is 24.3 Å². The van der Waals surface area contributed by atoms with Crippen molar-refractivity contribution in [1.82, 2.24) is 5.32 Å².